The highest BCUT2D eigenvalue weighted by Gasteiger charge is 2.04. The fourth-order valence-corrected chi connectivity index (χ4v) is 1.72. The zero-order valence-corrected chi connectivity index (χ0v) is 10.9. The van der Waals surface area contributed by atoms with Crippen LogP contribution in [-0.2, 0) is 13.1 Å². The average molecular weight is 227 g/mol. The molecular formula is C11H21N3S. The molecule has 0 radical (unpaired) electrons. The van der Waals surface area contributed by atoms with Crippen LogP contribution in [-0.4, -0.2) is 27.8 Å². The molecule has 1 aromatic heterocycles. The summed E-state index contributed by atoms with van der Waals surface area (Å²) in [7, 11) is 0. The van der Waals surface area contributed by atoms with Crippen LogP contribution < -0.4 is 5.32 Å². The maximum Gasteiger partial charge on any atom is 0.0638 e. The van der Waals surface area contributed by atoms with Crippen molar-refractivity contribution in [2.75, 3.05) is 12.0 Å². The van der Waals surface area contributed by atoms with Crippen LogP contribution in [0.2, 0.25) is 0 Å². The van der Waals surface area contributed by atoms with E-state index in [1.807, 2.05) is 16.4 Å². The second-order valence-corrected chi connectivity index (χ2v) is 5.02. The maximum absolute atomic E-state index is 4.49. The number of aryl methyl sites for hydroxylation is 2. The third kappa shape index (κ3) is 4.26. The molecule has 0 fully saturated rings. The Balaban J connectivity index is 2.52. The van der Waals surface area contributed by atoms with Crippen molar-refractivity contribution in [3.05, 3.63) is 17.5 Å². The van der Waals surface area contributed by atoms with Gasteiger partial charge >= 0.3 is 0 Å². The third-order valence-electron chi connectivity index (χ3n) is 2.27. The van der Waals surface area contributed by atoms with Crippen molar-refractivity contribution in [2.45, 2.75) is 39.9 Å². The minimum Gasteiger partial charge on any atom is -0.310 e. The summed E-state index contributed by atoms with van der Waals surface area (Å²) in [6.07, 6.45) is 4.28. The number of aromatic nitrogens is 2. The summed E-state index contributed by atoms with van der Waals surface area (Å²) in [5.74, 6) is 1.12. The number of hydrogen-bond acceptors (Lipinski definition) is 3. The van der Waals surface area contributed by atoms with Crippen LogP contribution in [0.4, 0.5) is 0 Å². The van der Waals surface area contributed by atoms with Gasteiger partial charge in [0.05, 0.1) is 5.69 Å². The molecule has 0 aliphatic heterocycles. The number of thioether (sulfide) groups is 1. The number of rotatable bonds is 6. The van der Waals surface area contributed by atoms with E-state index in [1.54, 1.807) is 0 Å². The van der Waals surface area contributed by atoms with E-state index in [-0.39, 0.29) is 0 Å². The van der Waals surface area contributed by atoms with Crippen LogP contribution >= 0.6 is 11.8 Å². The molecule has 0 saturated heterocycles. The molecule has 0 aromatic carbocycles. The highest BCUT2D eigenvalue weighted by Crippen LogP contribution is 2.06. The molecule has 0 atom stereocenters. The Kier molecular flexibility index (Phi) is 5.19. The van der Waals surface area contributed by atoms with Crippen molar-refractivity contribution in [1.29, 1.82) is 0 Å². The predicted octanol–water partition coefficient (Wildman–Crippen LogP) is 2.05. The van der Waals surface area contributed by atoms with E-state index in [2.05, 4.69) is 43.6 Å². The molecule has 86 valence electrons. The lowest BCUT2D eigenvalue weighted by Gasteiger charge is -2.06. The SMILES string of the molecule is CSCCn1cc(CNC(C)C)c(C)n1. The maximum atomic E-state index is 4.49. The standard InChI is InChI=1S/C11H21N3S/c1-9(2)12-7-11-8-14(5-6-15-4)13-10(11)3/h8-9,12H,5-7H2,1-4H3. The van der Waals surface area contributed by atoms with E-state index in [0.717, 1.165) is 24.5 Å². The van der Waals surface area contributed by atoms with Gasteiger partial charge in [-0.15, -0.1) is 0 Å². The monoisotopic (exact) mass is 227 g/mol. The Morgan fingerprint density at radius 1 is 1.53 bits per heavy atom. The van der Waals surface area contributed by atoms with Crippen molar-refractivity contribution in [3.8, 4) is 0 Å². The summed E-state index contributed by atoms with van der Waals surface area (Å²) in [5.41, 5.74) is 2.45. The van der Waals surface area contributed by atoms with Crippen LogP contribution in [0.3, 0.4) is 0 Å². The summed E-state index contributed by atoms with van der Waals surface area (Å²) in [4.78, 5) is 0. The minimum absolute atomic E-state index is 0.527. The van der Waals surface area contributed by atoms with E-state index in [4.69, 9.17) is 0 Å². The molecule has 3 nitrogen and oxygen atoms in total. The van der Waals surface area contributed by atoms with E-state index >= 15 is 0 Å². The molecule has 0 unspecified atom stereocenters. The summed E-state index contributed by atoms with van der Waals surface area (Å²) < 4.78 is 2.04. The third-order valence-corrected chi connectivity index (χ3v) is 2.86. The van der Waals surface area contributed by atoms with Crippen molar-refractivity contribution in [1.82, 2.24) is 15.1 Å². The van der Waals surface area contributed by atoms with E-state index in [9.17, 15) is 0 Å². The highest BCUT2D eigenvalue weighted by atomic mass is 32.2. The van der Waals surface area contributed by atoms with Gasteiger partial charge in [-0.3, -0.25) is 4.68 Å². The quantitative estimate of drug-likeness (QED) is 0.806. The fraction of sp³-hybridized carbons (Fsp3) is 0.727. The van der Waals surface area contributed by atoms with Gasteiger partial charge in [-0.2, -0.15) is 16.9 Å². The molecule has 0 spiro atoms. The van der Waals surface area contributed by atoms with E-state index < -0.39 is 0 Å². The molecule has 0 aliphatic carbocycles. The molecule has 0 amide bonds. The summed E-state index contributed by atoms with van der Waals surface area (Å²) in [6, 6.07) is 0.527. The van der Waals surface area contributed by atoms with Crippen LogP contribution in [0.1, 0.15) is 25.1 Å². The lowest BCUT2D eigenvalue weighted by molar-refractivity contribution is 0.587. The van der Waals surface area contributed by atoms with E-state index in [1.165, 1.54) is 5.56 Å². The topological polar surface area (TPSA) is 29.9 Å². The van der Waals surface area contributed by atoms with Crippen molar-refractivity contribution >= 4 is 11.8 Å². The van der Waals surface area contributed by atoms with Gasteiger partial charge in [0.1, 0.15) is 0 Å². The first kappa shape index (κ1) is 12.6. The zero-order chi connectivity index (χ0) is 11.3. The first-order chi connectivity index (χ1) is 7.13. The van der Waals surface area contributed by atoms with Gasteiger partial charge in [0, 0.05) is 36.6 Å². The predicted molar refractivity (Wildman–Crippen MR) is 67.3 cm³/mol. The van der Waals surface area contributed by atoms with Crippen LogP contribution in [0.25, 0.3) is 0 Å². The van der Waals surface area contributed by atoms with Gasteiger partial charge in [-0.05, 0) is 13.2 Å². The van der Waals surface area contributed by atoms with Crippen molar-refractivity contribution in [3.63, 3.8) is 0 Å². The van der Waals surface area contributed by atoms with Crippen molar-refractivity contribution in [2.24, 2.45) is 0 Å². The fourth-order valence-electron chi connectivity index (χ4n) is 1.35. The van der Waals surface area contributed by atoms with Gasteiger partial charge in [0.2, 0.25) is 0 Å². The smallest absolute Gasteiger partial charge is 0.0638 e. The number of nitrogens with zero attached hydrogens (tertiary/aromatic N) is 2. The first-order valence-electron chi connectivity index (χ1n) is 5.38. The van der Waals surface area contributed by atoms with Gasteiger partial charge in [-0.1, -0.05) is 13.8 Å². The highest BCUT2D eigenvalue weighted by molar-refractivity contribution is 7.98. The van der Waals surface area contributed by atoms with Gasteiger partial charge in [0.25, 0.3) is 0 Å². The molecule has 0 saturated carbocycles. The number of nitrogens with one attached hydrogen (secondary N) is 1. The molecule has 4 heteroatoms. The Bertz CT molecular complexity index is 294. The van der Waals surface area contributed by atoms with Gasteiger partial charge in [0.15, 0.2) is 0 Å². The van der Waals surface area contributed by atoms with Crippen LogP contribution in [0, 0.1) is 6.92 Å². The lowest BCUT2D eigenvalue weighted by Crippen LogP contribution is -2.21. The van der Waals surface area contributed by atoms with Crippen molar-refractivity contribution < 1.29 is 0 Å². The Morgan fingerprint density at radius 2 is 2.27 bits per heavy atom. The molecule has 1 aromatic rings. The Hall–Kier alpha value is -0.480. The second-order valence-electron chi connectivity index (χ2n) is 4.03. The number of hydrogen-bond donors (Lipinski definition) is 1. The molecule has 15 heavy (non-hydrogen) atoms. The molecule has 0 bridgehead atoms. The molecular weight excluding hydrogens is 206 g/mol. The van der Waals surface area contributed by atoms with E-state index in [0.29, 0.717) is 6.04 Å². The summed E-state index contributed by atoms with van der Waals surface area (Å²) in [5, 5.41) is 7.90. The Morgan fingerprint density at radius 3 is 2.87 bits per heavy atom. The largest absolute Gasteiger partial charge is 0.310 e. The minimum atomic E-state index is 0.527. The molecule has 0 aliphatic rings. The molecule has 1 heterocycles. The summed E-state index contributed by atoms with van der Waals surface area (Å²) >= 11 is 1.85. The van der Waals surface area contributed by atoms with Gasteiger partial charge in [-0.25, -0.2) is 0 Å². The first-order valence-corrected chi connectivity index (χ1v) is 6.78. The average Bonchev–Trinajstić information content (AvgIpc) is 2.53. The molecule has 1 rings (SSSR count). The zero-order valence-electron chi connectivity index (χ0n) is 10.1. The second kappa shape index (κ2) is 6.18. The summed E-state index contributed by atoms with van der Waals surface area (Å²) in [6.45, 7) is 8.32. The molecule has 1 N–H and O–H groups in total. The lowest BCUT2D eigenvalue weighted by atomic mass is 10.2. The van der Waals surface area contributed by atoms with Crippen LogP contribution in [0.5, 0.6) is 0 Å². The normalized spacial score (nSPS) is 11.3. The Labute approximate surface area is 96.6 Å². The van der Waals surface area contributed by atoms with Gasteiger partial charge < -0.3 is 5.32 Å². The van der Waals surface area contributed by atoms with Crippen LogP contribution in [0.15, 0.2) is 6.20 Å².